The predicted molar refractivity (Wildman–Crippen MR) is 65.9 cm³/mol. The van der Waals surface area contributed by atoms with Crippen molar-refractivity contribution in [2.45, 2.75) is 13.8 Å². The first-order chi connectivity index (χ1) is 7.65. The van der Waals surface area contributed by atoms with Gasteiger partial charge < -0.3 is 5.73 Å². The van der Waals surface area contributed by atoms with Crippen LogP contribution in [0.25, 0.3) is 15.5 Å². The van der Waals surface area contributed by atoms with Crippen molar-refractivity contribution in [3.05, 3.63) is 16.8 Å². The molecule has 0 bridgehead atoms. The zero-order chi connectivity index (χ0) is 11.3. The molecule has 16 heavy (non-hydrogen) atoms. The third-order valence-corrected chi connectivity index (χ3v) is 4.07. The van der Waals surface area contributed by atoms with Crippen molar-refractivity contribution in [3.63, 3.8) is 0 Å². The van der Waals surface area contributed by atoms with E-state index in [-0.39, 0.29) is 0 Å². The maximum absolute atomic E-state index is 5.94. The molecule has 0 aromatic carbocycles. The van der Waals surface area contributed by atoms with Gasteiger partial charge in [0, 0.05) is 10.4 Å². The Labute approximate surface area is 99.6 Å². The SMILES string of the molecule is Cc1cc(-c2nn3c(C)nnc3s2)c(N)s1. The molecule has 0 amide bonds. The largest absolute Gasteiger partial charge is 0.390 e. The predicted octanol–water partition coefficient (Wildman–Crippen LogP) is 2.11. The number of hydrogen-bond donors (Lipinski definition) is 1. The van der Waals surface area contributed by atoms with Gasteiger partial charge in [-0.1, -0.05) is 11.3 Å². The van der Waals surface area contributed by atoms with E-state index in [4.69, 9.17) is 5.73 Å². The average molecular weight is 251 g/mol. The van der Waals surface area contributed by atoms with Gasteiger partial charge in [0.2, 0.25) is 4.96 Å². The lowest BCUT2D eigenvalue weighted by molar-refractivity contribution is 0.898. The van der Waals surface area contributed by atoms with Gasteiger partial charge in [0.1, 0.15) is 0 Å². The zero-order valence-electron chi connectivity index (χ0n) is 8.76. The second kappa shape index (κ2) is 3.26. The molecule has 3 aromatic heterocycles. The van der Waals surface area contributed by atoms with E-state index in [0.717, 1.165) is 26.4 Å². The highest BCUT2D eigenvalue weighted by atomic mass is 32.1. The molecule has 0 unspecified atom stereocenters. The molecular weight excluding hydrogens is 242 g/mol. The van der Waals surface area contributed by atoms with Crippen molar-refractivity contribution in [1.29, 1.82) is 0 Å². The number of nitrogens with two attached hydrogens (primary N) is 1. The summed E-state index contributed by atoms with van der Waals surface area (Å²) in [6.45, 7) is 3.92. The standard InChI is InChI=1S/C9H9N5S2/c1-4-3-6(7(10)15-4)8-13-14-5(2)11-12-9(14)16-8/h3H,10H2,1-2H3. The van der Waals surface area contributed by atoms with Crippen LogP contribution in [0, 0.1) is 13.8 Å². The minimum atomic E-state index is 0.794. The molecule has 0 saturated carbocycles. The smallest absolute Gasteiger partial charge is 0.234 e. The molecule has 0 aliphatic heterocycles. The third-order valence-electron chi connectivity index (χ3n) is 2.26. The number of hydrogen-bond acceptors (Lipinski definition) is 6. The highest BCUT2D eigenvalue weighted by Gasteiger charge is 2.14. The summed E-state index contributed by atoms with van der Waals surface area (Å²) in [5.41, 5.74) is 6.94. The van der Waals surface area contributed by atoms with Crippen LogP contribution >= 0.6 is 22.7 Å². The van der Waals surface area contributed by atoms with Crippen molar-refractivity contribution < 1.29 is 0 Å². The summed E-state index contributed by atoms with van der Waals surface area (Å²) in [5.74, 6) is 0.794. The maximum Gasteiger partial charge on any atom is 0.234 e. The molecule has 3 aromatic rings. The van der Waals surface area contributed by atoms with E-state index in [1.807, 2.05) is 13.8 Å². The van der Waals surface area contributed by atoms with E-state index >= 15 is 0 Å². The van der Waals surface area contributed by atoms with Crippen molar-refractivity contribution in [2.75, 3.05) is 5.73 Å². The van der Waals surface area contributed by atoms with Crippen LogP contribution in [0.5, 0.6) is 0 Å². The monoisotopic (exact) mass is 251 g/mol. The minimum Gasteiger partial charge on any atom is -0.390 e. The van der Waals surface area contributed by atoms with Crippen LogP contribution < -0.4 is 5.73 Å². The van der Waals surface area contributed by atoms with Gasteiger partial charge in [0.15, 0.2) is 10.8 Å². The second-order valence-corrected chi connectivity index (χ2v) is 5.73. The molecular formula is C9H9N5S2. The van der Waals surface area contributed by atoms with Crippen molar-refractivity contribution >= 4 is 32.6 Å². The molecule has 5 nitrogen and oxygen atoms in total. The van der Waals surface area contributed by atoms with Gasteiger partial charge in [-0.2, -0.15) is 9.61 Å². The molecule has 2 N–H and O–H groups in total. The number of nitrogen functional groups attached to an aromatic ring is 1. The molecule has 0 aliphatic carbocycles. The van der Waals surface area contributed by atoms with Crippen LogP contribution in [0.3, 0.4) is 0 Å². The first-order valence-electron chi connectivity index (χ1n) is 4.70. The number of fused-ring (bicyclic) bond motifs is 1. The molecule has 3 rings (SSSR count). The van der Waals surface area contributed by atoms with Crippen LogP contribution in [-0.4, -0.2) is 19.8 Å². The quantitative estimate of drug-likeness (QED) is 0.719. The molecule has 82 valence electrons. The van der Waals surface area contributed by atoms with Crippen molar-refractivity contribution in [3.8, 4) is 10.6 Å². The van der Waals surface area contributed by atoms with Crippen LogP contribution in [0.15, 0.2) is 6.07 Å². The highest BCUT2D eigenvalue weighted by Crippen LogP contribution is 2.35. The molecule has 0 fully saturated rings. The lowest BCUT2D eigenvalue weighted by Crippen LogP contribution is -1.89. The van der Waals surface area contributed by atoms with E-state index in [1.54, 1.807) is 15.9 Å². The number of aryl methyl sites for hydroxylation is 2. The molecule has 3 heterocycles. The first-order valence-corrected chi connectivity index (χ1v) is 6.33. The fourth-order valence-corrected chi connectivity index (χ4v) is 3.29. The molecule has 0 aliphatic rings. The maximum atomic E-state index is 5.94. The summed E-state index contributed by atoms with van der Waals surface area (Å²) in [7, 11) is 0. The van der Waals surface area contributed by atoms with E-state index < -0.39 is 0 Å². The molecule has 0 saturated heterocycles. The summed E-state index contributed by atoms with van der Waals surface area (Å²) >= 11 is 3.08. The molecule has 0 radical (unpaired) electrons. The van der Waals surface area contributed by atoms with E-state index in [9.17, 15) is 0 Å². The average Bonchev–Trinajstić information content (AvgIpc) is 2.84. The fraction of sp³-hybridized carbons (Fsp3) is 0.222. The number of thiophene rings is 1. The third kappa shape index (κ3) is 1.32. The summed E-state index contributed by atoms with van der Waals surface area (Å²) in [4.78, 5) is 1.99. The number of aromatic nitrogens is 4. The lowest BCUT2D eigenvalue weighted by atomic mass is 10.3. The van der Waals surface area contributed by atoms with Crippen molar-refractivity contribution in [1.82, 2.24) is 19.8 Å². The van der Waals surface area contributed by atoms with E-state index in [1.165, 1.54) is 16.2 Å². The number of anilines is 1. The van der Waals surface area contributed by atoms with Gasteiger partial charge in [-0.05, 0) is 19.9 Å². The number of rotatable bonds is 1. The van der Waals surface area contributed by atoms with Gasteiger partial charge in [0.25, 0.3) is 0 Å². The second-order valence-electron chi connectivity index (χ2n) is 3.48. The summed E-state index contributed by atoms with van der Waals surface area (Å²) in [6.07, 6.45) is 0. The Morgan fingerprint density at radius 2 is 2.06 bits per heavy atom. The Bertz CT molecular complexity index is 663. The van der Waals surface area contributed by atoms with Crippen molar-refractivity contribution in [2.24, 2.45) is 0 Å². The van der Waals surface area contributed by atoms with Crippen LogP contribution in [0.4, 0.5) is 5.00 Å². The fourth-order valence-electron chi connectivity index (χ4n) is 1.52. The summed E-state index contributed by atoms with van der Waals surface area (Å²) in [6, 6.07) is 2.06. The highest BCUT2D eigenvalue weighted by molar-refractivity contribution is 7.21. The number of nitrogens with zero attached hydrogens (tertiary/aromatic N) is 4. The van der Waals surface area contributed by atoms with E-state index in [2.05, 4.69) is 21.4 Å². The summed E-state index contributed by atoms with van der Waals surface area (Å²) < 4.78 is 1.74. The molecule has 0 atom stereocenters. The Morgan fingerprint density at radius 3 is 2.69 bits per heavy atom. The van der Waals surface area contributed by atoms with Crippen LogP contribution in [0.2, 0.25) is 0 Å². The topological polar surface area (TPSA) is 69.1 Å². The summed E-state index contributed by atoms with van der Waals surface area (Å²) in [5, 5.41) is 14.1. The van der Waals surface area contributed by atoms with Gasteiger partial charge in [0.05, 0.1) is 5.00 Å². The van der Waals surface area contributed by atoms with E-state index in [0.29, 0.717) is 0 Å². The normalized spacial score (nSPS) is 11.4. The lowest BCUT2D eigenvalue weighted by Gasteiger charge is -1.90. The Balaban J connectivity index is 2.22. The van der Waals surface area contributed by atoms with Gasteiger partial charge in [-0.3, -0.25) is 0 Å². The van der Waals surface area contributed by atoms with Crippen LogP contribution in [0.1, 0.15) is 10.7 Å². The first kappa shape index (κ1) is 9.73. The Morgan fingerprint density at radius 1 is 1.25 bits per heavy atom. The van der Waals surface area contributed by atoms with Gasteiger partial charge >= 0.3 is 0 Å². The van der Waals surface area contributed by atoms with Gasteiger partial charge in [-0.25, -0.2) is 0 Å². The molecule has 7 heteroatoms. The zero-order valence-corrected chi connectivity index (χ0v) is 10.4. The van der Waals surface area contributed by atoms with Crippen LogP contribution in [-0.2, 0) is 0 Å². The Hall–Kier alpha value is -1.47. The Kier molecular flexibility index (Phi) is 1.98. The molecule has 0 spiro atoms. The minimum absolute atomic E-state index is 0.794. The van der Waals surface area contributed by atoms with Gasteiger partial charge in [-0.15, -0.1) is 21.5 Å².